The molecule has 0 atom stereocenters. The van der Waals surface area contributed by atoms with Gasteiger partial charge in [-0.25, -0.2) is 8.42 Å². The molecule has 0 radical (unpaired) electrons. The first-order valence-corrected chi connectivity index (χ1v) is 11.1. The number of aryl methyl sites for hydroxylation is 2. The predicted molar refractivity (Wildman–Crippen MR) is 117 cm³/mol. The highest BCUT2D eigenvalue weighted by molar-refractivity contribution is 7.89. The van der Waals surface area contributed by atoms with Crippen LogP contribution >= 0.6 is 0 Å². The van der Waals surface area contributed by atoms with Crippen molar-refractivity contribution in [3.63, 3.8) is 0 Å². The summed E-state index contributed by atoms with van der Waals surface area (Å²) in [5.74, 6) is -0.146. The highest BCUT2D eigenvalue weighted by atomic mass is 32.2. The van der Waals surface area contributed by atoms with E-state index in [1.165, 1.54) is 33.1 Å². The Hall–Kier alpha value is -2.22. The molecule has 0 saturated heterocycles. The molecule has 0 unspecified atom stereocenters. The van der Waals surface area contributed by atoms with Gasteiger partial charge in [-0.2, -0.15) is 4.31 Å². The molecular weight excluding hydrogens is 386 g/mol. The molecule has 0 aromatic heterocycles. The van der Waals surface area contributed by atoms with Crippen LogP contribution in [0.1, 0.15) is 30.5 Å². The van der Waals surface area contributed by atoms with E-state index in [0.717, 1.165) is 0 Å². The van der Waals surface area contributed by atoms with Crippen molar-refractivity contribution in [1.29, 1.82) is 0 Å². The van der Waals surface area contributed by atoms with Crippen LogP contribution in [-0.2, 0) is 21.4 Å². The van der Waals surface area contributed by atoms with Gasteiger partial charge in [0.15, 0.2) is 0 Å². The molecule has 0 saturated carbocycles. The number of hydrogen-bond acceptors (Lipinski definition) is 4. The van der Waals surface area contributed by atoms with Crippen LogP contribution in [0.15, 0.2) is 47.4 Å². The molecule has 6 nitrogen and oxygen atoms in total. The Kier molecular flexibility index (Phi) is 7.57. The lowest BCUT2D eigenvalue weighted by molar-refractivity contribution is -0.117. The molecule has 0 heterocycles. The zero-order valence-corrected chi connectivity index (χ0v) is 18.9. The standard InChI is InChI=1S/C22H31N3O3S/c1-16(2)25(6)29(27,28)21-11-9-20(10-12-21)23-22(26)15-24(5)14-19-8-7-17(3)13-18(19)4/h7-13,16H,14-15H2,1-6H3,(H,23,26). The number of hydrogen-bond donors (Lipinski definition) is 1. The highest BCUT2D eigenvalue weighted by Crippen LogP contribution is 2.19. The topological polar surface area (TPSA) is 69.7 Å². The lowest BCUT2D eigenvalue weighted by Gasteiger charge is -2.21. The maximum Gasteiger partial charge on any atom is 0.243 e. The van der Waals surface area contributed by atoms with E-state index in [0.29, 0.717) is 12.2 Å². The zero-order valence-electron chi connectivity index (χ0n) is 18.1. The lowest BCUT2D eigenvalue weighted by atomic mass is 10.1. The minimum Gasteiger partial charge on any atom is -0.325 e. The van der Waals surface area contributed by atoms with Crippen LogP contribution in [-0.4, -0.2) is 50.2 Å². The van der Waals surface area contributed by atoms with Gasteiger partial charge in [0.05, 0.1) is 11.4 Å². The minimum atomic E-state index is -3.53. The fraction of sp³-hybridized carbons (Fsp3) is 0.409. The van der Waals surface area contributed by atoms with Crippen molar-refractivity contribution in [3.8, 4) is 0 Å². The summed E-state index contributed by atoms with van der Waals surface area (Å²) in [5, 5.41) is 2.82. The van der Waals surface area contributed by atoms with E-state index in [1.54, 1.807) is 19.2 Å². The Morgan fingerprint density at radius 3 is 2.21 bits per heavy atom. The number of benzene rings is 2. The number of amides is 1. The predicted octanol–water partition coefficient (Wildman–Crippen LogP) is 3.40. The number of carbonyl (C=O) groups is 1. The second-order valence-corrected chi connectivity index (χ2v) is 9.79. The van der Waals surface area contributed by atoms with Gasteiger partial charge in [-0.1, -0.05) is 23.8 Å². The summed E-state index contributed by atoms with van der Waals surface area (Å²) in [6.45, 7) is 8.69. The normalized spacial score (nSPS) is 12.0. The number of likely N-dealkylation sites (N-methyl/N-ethyl adjacent to an activating group) is 1. The largest absolute Gasteiger partial charge is 0.325 e. The van der Waals surface area contributed by atoms with E-state index in [4.69, 9.17) is 0 Å². The smallest absolute Gasteiger partial charge is 0.243 e. The SMILES string of the molecule is Cc1ccc(CN(C)CC(=O)Nc2ccc(S(=O)(=O)N(C)C(C)C)cc2)c(C)c1. The highest BCUT2D eigenvalue weighted by Gasteiger charge is 2.22. The molecule has 29 heavy (non-hydrogen) atoms. The Bertz CT molecular complexity index is 954. The first-order chi connectivity index (χ1) is 13.5. The van der Waals surface area contributed by atoms with E-state index >= 15 is 0 Å². The molecule has 0 aliphatic rings. The number of nitrogens with zero attached hydrogens (tertiary/aromatic N) is 2. The third-order valence-electron chi connectivity index (χ3n) is 4.89. The molecule has 0 aliphatic heterocycles. The Morgan fingerprint density at radius 2 is 1.66 bits per heavy atom. The third kappa shape index (κ3) is 6.13. The minimum absolute atomic E-state index is 0.132. The molecular formula is C22H31N3O3S. The fourth-order valence-electron chi connectivity index (χ4n) is 2.97. The Balaban J connectivity index is 1.97. The lowest BCUT2D eigenvalue weighted by Crippen LogP contribution is -2.33. The van der Waals surface area contributed by atoms with Gasteiger partial charge < -0.3 is 5.32 Å². The summed E-state index contributed by atoms with van der Waals surface area (Å²) in [7, 11) is -0.0759. The van der Waals surface area contributed by atoms with Gasteiger partial charge in [0.25, 0.3) is 0 Å². The van der Waals surface area contributed by atoms with Gasteiger partial charge in [0.2, 0.25) is 15.9 Å². The molecule has 158 valence electrons. The van der Waals surface area contributed by atoms with Crippen LogP contribution in [0, 0.1) is 13.8 Å². The molecule has 1 N–H and O–H groups in total. The summed E-state index contributed by atoms with van der Waals surface area (Å²) in [4.78, 5) is 14.5. The Labute approximate surface area is 174 Å². The summed E-state index contributed by atoms with van der Waals surface area (Å²) in [6.07, 6.45) is 0. The number of rotatable bonds is 8. The fourth-order valence-corrected chi connectivity index (χ4v) is 4.34. The van der Waals surface area contributed by atoms with Gasteiger partial charge >= 0.3 is 0 Å². The zero-order chi connectivity index (χ0) is 21.8. The molecule has 2 aromatic carbocycles. The van der Waals surface area contributed by atoms with E-state index in [1.807, 2.05) is 25.8 Å². The number of nitrogens with one attached hydrogen (secondary N) is 1. The average Bonchev–Trinajstić information content (AvgIpc) is 2.63. The van der Waals surface area contributed by atoms with Crippen molar-refractivity contribution in [2.45, 2.75) is 45.2 Å². The van der Waals surface area contributed by atoms with E-state index in [9.17, 15) is 13.2 Å². The molecule has 0 fully saturated rings. The van der Waals surface area contributed by atoms with Gasteiger partial charge in [-0.15, -0.1) is 0 Å². The summed E-state index contributed by atoms with van der Waals surface area (Å²) in [6, 6.07) is 12.4. The van der Waals surface area contributed by atoms with Gasteiger partial charge in [0.1, 0.15) is 0 Å². The summed E-state index contributed by atoms with van der Waals surface area (Å²) in [5.41, 5.74) is 4.19. The van der Waals surface area contributed by atoms with Crippen LogP contribution in [0.5, 0.6) is 0 Å². The van der Waals surface area contributed by atoms with Crippen LogP contribution in [0.25, 0.3) is 0 Å². The Morgan fingerprint density at radius 1 is 1.03 bits per heavy atom. The van der Waals surface area contributed by atoms with Crippen molar-refractivity contribution in [3.05, 3.63) is 59.2 Å². The van der Waals surface area contributed by atoms with Crippen LogP contribution < -0.4 is 5.32 Å². The van der Waals surface area contributed by atoms with E-state index in [-0.39, 0.29) is 23.4 Å². The first kappa shape index (κ1) is 23.1. The molecule has 0 bridgehead atoms. The van der Waals surface area contributed by atoms with E-state index in [2.05, 4.69) is 37.4 Å². The quantitative estimate of drug-likeness (QED) is 0.715. The summed E-state index contributed by atoms with van der Waals surface area (Å²) < 4.78 is 26.3. The molecule has 2 rings (SSSR count). The van der Waals surface area contributed by atoms with E-state index < -0.39 is 10.0 Å². The molecule has 0 spiro atoms. The second-order valence-electron chi connectivity index (χ2n) is 7.79. The van der Waals surface area contributed by atoms with Crippen molar-refractivity contribution < 1.29 is 13.2 Å². The van der Waals surface area contributed by atoms with Gasteiger partial charge in [0, 0.05) is 25.3 Å². The van der Waals surface area contributed by atoms with Crippen molar-refractivity contribution in [2.75, 3.05) is 26.0 Å². The molecule has 1 amide bonds. The van der Waals surface area contributed by atoms with Crippen LogP contribution in [0.4, 0.5) is 5.69 Å². The number of anilines is 1. The molecule has 2 aromatic rings. The maximum absolute atomic E-state index is 12.5. The maximum atomic E-state index is 12.5. The number of sulfonamides is 1. The number of carbonyl (C=O) groups excluding carboxylic acids is 1. The summed E-state index contributed by atoms with van der Waals surface area (Å²) >= 11 is 0. The van der Waals surface area contributed by atoms with Crippen molar-refractivity contribution in [2.24, 2.45) is 0 Å². The first-order valence-electron chi connectivity index (χ1n) is 9.63. The van der Waals surface area contributed by atoms with Crippen molar-refractivity contribution >= 4 is 21.6 Å². The monoisotopic (exact) mass is 417 g/mol. The molecule has 7 heteroatoms. The van der Waals surface area contributed by atoms with Crippen LogP contribution in [0.3, 0.4) is 0 Å². The average molecular weight is 418 g/mol. The van der Waals surface area contributed by atoms with Crippen LogP contribution in [0.2, 0.25) is 0 Å². The third-order valence-corrected chi connectivity index (χ3v) is 6.94. The van der Waals surface area contributed by atoms with Gasteiger partial charge in [-0.3, -0.25) is 9.69 Å². The molecule has 0 aliphatic carbocycles. The van der Waals surface area contributed by atoms with Gasteiger partial charge in [-0.05, 0) is 70.1 Å². The van der Waals surface area contributed by atoms with Crippen molar-refractivity contribution in [1.82, 2.24) is 9.21 Å². The second kappa shape index (κ2) is 9.52.